The normalized spacial score (nSPS) is 23.7. The van der Waals surface area contributed by atoms with Crippen molar-refractivity contribution < 1.29 is 8.78 Å². The number of rotatable bonds is 2. The molecule has 0 unspecified atom stereocenters. The van der Waals surface area contributed by atoms with Gasteiger partial charge >= 0.3 is 0 Å². The summed E-state index contributed by atoms with van der Waals surface area (Å²) in [6.07, 6.45) is 4.45. The van der Waals surface area contributed by atoms with E-state index in [1.54, 1.807) is 6.07 Å². The highest BCUT2D eigenvalue weighted by molar-refractivity contribution is 5.27. The standard InChI is InChI=1S/C15H20F2N2/c16-13-4-3-12(11-14(13)17)15(5-1-2-6-15)19-9-7-18-8-10-19/h3-4,11,18H,1-2,5-10H2. The van der Waals surface area contributed by atoms with Crippen molar-refractivity contribution in [2.75, 3.05) is 26.2 Å². The Morgan fingerprint density at radius 3 is 2.32 bits per heavy atom. The van der Waals surface area contributed by atoms with Crippen molar-refractivity contribution in [1.82, 2.24) is 10.2 Å². The summed E-state index contributed by atoms with van der Waals surface area (Å²) < 4.78 is 26.7. The molecule has 0 spiro atoms. The minimum atomic E-state index is -0.753. The van der Waals surface area contributed by atoms with Crippen molar-refractivity contribution in [2.45, 2.75) is 31.2 Å². The maximum Gasteiger partial charge on any atom is 0.159 e. The first-order chi connectivity index (χ1) is 9.22. The Kier molecular flexibility index (Phi) is 3.54. The average Bonchev–Trinajstić information content (AvgIpc) is 2.93. The van der Waals surface area contributed by atoms with Crippen LogP contribution in [0.15, 0.2) is 18.2 Å². The molecule has 0 aromatic heterocycles. The van der Waals surface area contributed by atoms with E-state index in [0.717, 1.165) is 44.6 Å². The molecular formula is C15H20F2N2. The fourth-order valence-electron chi connectivity index (χ4n) is 3.63. The van der Waals surface area contributed by atoms with Crippen molar-refractivity contribution in [3.05, 3.63) is 35.4 Å². The summed E-state index contributed by atoms with van der Waals surface area (Å²) in [6, 6.07) is 4.45. The highest BCUT2D eigenvalue weighted by Crippen LogP contribution is 2.44. The Morgan fingerprint density at radius 2 is 1.68 bits per heavy atom. The molecule has 2 fully saturated rings. The van der Waals surface area contributed by atoms with Crippen molar-refractivity contribution in [3.8, 4) is 0 Å². The van der Waals surface area contributed by atoms with E-state index >= 15 is 0 Å². The maximum absolute atomic E-state index is 13.6. The van der Waals surface area contributed by atoms with Crippen molar-refractivity contribution in [3.63, 3.8) is 0 Å². The predicted octanol–water partition coefficient (Wildman–Crippen LogP) is 2.64. The van der Waals surface area contributed by atoms with Crippen molar-refractivity contribution >= 4 is 0 Å². The van der Waals surface area contributed by atoms with Crippen molar-refractivity contribution in [1.29, 1.82) is 0 Å². The summed E-state index contributed by atoms with van der Waals surface area (Å²) in [7, 11) is 0. The van der Waals surface area contributed by atoms with E-state index in [1.807, 2.05) is 0 Å². The molecule has 0 atom stereocenters. The monoisotopic (exact) mass is 266 g/mol. The van der Waals surface area contributed by atoms with E-state index in [-0.39, 0.29) is 5.54 Å². The van der Waals surface area contributed by atoms with Gasteiger partial charge in [0, 0.05) is 31.7 Å². The van der Waals surface area contributed by atoms with Crippen LogP contribution in [-0.4, -0.2) is 31.1 Å². The van der Waals surface area contributed by atoms with Gasteiger partial charge in [0.1, 0.15) is 0 Å². The van der Waals surface area contributed by atoms with Gasteiger partial charge in [-0.25, -0.2) is 8.78 Å². The molecule has 0 radical (unpaired) electrons. The number of piperazine rings is 1. The molecule has 19 heavy (non-hydrogen) atoms. The van der Waals surface area contributed by atoms with Crippen LogP contribution in [0, 0.1) is 11.6 Å². The van der Waals surface area contributed by atoms with Crippen LogP contribution in [-0.2, 0) is 5.54 Å². The molecule has 3 rings (SSSR count). The molecule has 1 aliphatic carbocycles. The van der Waals surface area contributed by atoms with Gasteiger partial charge in [0.15, 0.2) is 11.6 Å². The number of benzene rings is 1. The number of hydrogen-bond acceptors (Lipinski definition) is 2. The quantitative estimate of drug-likeness (QED) is 0.885. The van der Waals surface area contributed by atoms with E-state index in [4.69, 9.17) is 0 Å². The average molecular weight is 266 g/mol. The molecule has 2 aliphatic rings. The lowest BCUT2D eigenvalue weighted by atomic mass is 9.85. The highest BCUT2D eigenvalue weighted by Gasteiger charge is 2.41. The summed E-state index contributed by atoms with van der Waals surface area (Å²) in [5.41, 5.74) is 0.877. The molecule has 1 aromatic carbocycles. The van der Waals surface area contributed by atoms with E-state index in [2.05, 4.69) is 10.2 Å². The molecule has 1 aromatic rings. The summed E-state index contributed by atoms with van der Waals surface area (Å²) >= 11 is 0. The molecule has 1 saturated carbocycles. The number of halogens is 2. The van der Waals surface area contributed by atoms with Crippen LogP contribution >= 0.6 is 0 Å². The zero-order valence-electron chi connectivity index (χ0n) is 11.1. The Hall–Kier alpha value is -1.00. The third-order valence-corrected chi connectivity index (χ3v) is 4.61. The zero-order valence-corrected chi connectivity index (χ0v) is 11.1. The first-order valence-electron chi connectivity index (χ1n) is 7.14. The highest BCUT2D eigenvalue weighted by atomic mass is 19.2. The Morgan fingerprint density at radius 1 is 1.00 bits per heavy atom. The molecule has 1 heterocycles. The number of nitrogens with one attached hydrogen (secondary N) is 1. The predicted molar refractivity (Wildman–Crippen MR) is 70.9 cm³/mol. The minimum absolute atomic E-state index is 0.0728. The summed E-state index contributed by atoms with van der Waals surface area (Å²) in [5.74, 6) is -1.48. The van der Waals surface area contributed by atoms with Gasteiger partial charge in [-0.05, 0) is 30.5 Å². The van der Waals surface area contributed by atoms with Gasteiger partial charge < -0.3 is 5.32 Å². The maximum atomic E-state index is 13.6. The van der Waals surface area contributed by atoms with Crippen LogP contribution < -0.4 is 5.32 Å². The number of hydrogen-bond donors (Lipinski definition) is 1. The molecule has 1 aliphatic heterocycles. The number of nitrogens with zero attached hydrogens (tertiary/aromatic N) is 1. The van der Waals surface area contributed by atoms with Crippen molar-refractivity contribution in [2.24, 2.45) is 0 Å². The largest absolute Gasteiger partial charge is 0.314 e. The smallest absolute Gasteiger partial charge is 0.159 e. The fourth-order valence-corrected chi connectivity index (χ4v) is 3.63. The van der Waals surface area contributed by atoms with Gasteiger partial charge in [-0.1, -0.05) is 18.9 Å². The van der Waals surface area contributed by atoms with Gasteiger partial charge in [0.05, 0.1) is 0 Å². The molecule has 104 valence electrons. The Balaban J connectivity index is 1.96. The van der Waals surface area contributed by atoms with E-state index < -0.39 is 11.6 Å². The first-order valence-corrected chi connectivity index (χ1v) is 7.14. The summed E-state index contributed by atoms with van der Waals surface area (Å²) in [4.78, 5) is 2.46. The third kappa shape index (κ3) is 2.28. The third-order valence-electron chi connectivity index (χ3n) is 4.61. The molecule has 1 saturated heterocycles. The topological polar surface area (TPSA) is 15.3 Å². The molecule has 4 heteroatoms. The van der Waals surface area contributed by atoms with Gasteiger partial charge in [0.25, 0.3) is 0 Å². The van der Waals surface area contributed by atoms with E-state index in [1.165, 1.54) is 25.0 Å². The van der Waals surface area contributed by atoms with Gasteiger partial charge in [-0.15, -0.1) is 0 Å². The lowest BCUT2D eigenvalue weighted by Crippen LogP contribution is -2.53. The SMILES string of the molecule is Fc1ccc(C2(N3CCNCC3)CCCC2)cc1F. The lowest BCUT2D eigenvalue weighted by Gasteiger charge is -2.44. The summed E-state index contributed by atoms with van der Waals surface area (Å²) in [6.45, 7) is 3.93. The van der Waals surface area contributed by atoms with Crippen LogP contribution in [0.3, 0.4) is 0 Å². The van der Waals surface area contributed by atoms with E-state index in [9.17, 15) is 8.78 Å². The molecule has 2 nitrogen and oxygen atoms in total. The molecule has 0 amide bonds. The van der Waals surface area contributed by atoms with Crippen LogP contribution in [0.1, 0.15) is 31.2 Å². The molecular weight excluding hydrogens is 246 g/mol. The molecule has 1 N–H and O–H groups in total. The van der Waals surface area contributed by atoms with Gasteiger partial charge in [-0.3, -0.25) is 4.90 Å². The second-order valence-electron chi connectivity index (χ2n) is 5.60. The Bertz CT molecular complexity index is 449. The van der Waals surface area contributed by atoms with Crippen LogP contribution in [0.4, 0.5) is 8.78 Å². The fraction of sp³-hybridized carbons (Fsp3) is 0.600. The zero-order chi connectivity index (χ0) is 13.3. The first kappa shape index (κ1) is 13.0. The summed E-state index contributed by atoms with van der Waals surface area (Å²) in [5, 5.41) is 3.35. The van der Waals surface area contributed by atoms with Crippen LogP contribution in [0.5, 0.6) is 0 Å². The van der Waals surface area contributed by atoms with Crippen LogP contribution in [0.2, 0.25) is 0 Å². The second-order valence-corrected chi connectivity index (χ2v) is 5.60. The Labute approximate surface area is 112 Å². The van der Waals surface area contributed by atoms with Gasteiger partial charge in [0.2, 0.25) is 0 Å². The van der Waals surface area contributed by atoms with E-state index in [0.29, 0.717) is 0 Å². The second kappa shape index (κ2) is 5.17. The van der Waals surface area contributed by atoms with Gasteiger partial charge in [-0.2, -0.15) is 0 Å². The lowest BCUT2D eigenvalue weighted by molar-refractivity contribution is 0.0754. The molecule has 0 bridgehead atoms. The van der Waals surface area contributed by atoms with Crippen LogP contribution in [0.25, 0.3) is 0 Å². The minimum Gasteiger partial charge on any atom is -0.314 e.